The van der Waals surface area contributed by atoms with Crippen LogP contribution in [0.25, 0.3) is 0 Å². The second-order valence-electron chi connectivity index (χ2n) is 4.37. The molecule has 0 aromatic carbocycles. The molecule has 0 bridgehead atoms. The Labute approximate surface area is 80.1 Å². The molecular weight excluding hydrogens is 164 g/mol. The highest BCUT2D eigenvalue weighted by Gasteiger charge is 2.30. The number of hydrogen-bond donors (Lipinski definition) is 2. The second kappa shape index (κ2) is 3.95. The zero-order valence-electron chi connectivity index (χ0n) is 8.37. The highest BCUT2D eigenvalue weighted by Crippen LogP contribution is 2.19. The summed E-state index contributed by atoms with van der Waals surface area (Å²) in [4.78, 5) is 2.54. The van der Waals surface area contributed by atoms with E-state index < -0.39 is 0 Å². The standard InChI is InChI=1S/C10H20N2O/c1-8-10(2-5-11-8)12-6-3-9(13)4-7-12/h8-11,13H,2-7H2,1H3. The van der Waals surface area contributed by atoms with Crippen LogP contribution >= 0.6 is 0 Å². The van der Waals surface area contributed by atoms with E-state index in [1.807, 2.05) is 0 Å². The molecule has 0 spiro atoms. The molecule has 2 aliphatic rings. The molecule has 0 aromatic rings. The van der Waals surface area contributed by atoms with E-state index in [1.54, 1.807) is 0 Å². The van der Waals surface area contributed by atoms with Gasteiger partial charge in [0.1, 0.15) is 0 Å². The van der Waals surface area contributed by atoms with Crippen LogP contribution in [0.1, 0.15) is 26.2 Å². The van der Waals surface area contributed by atoms with Gasteiger partial charge in [0.15, 0.2) is 0 Å². The number of rotatable bonds is 1. The predicted molar refractivity (Wildman–Crippen MR) is 52.7 cm³/mol. The summed E-state index contributed by atoms with van der Waals surface area (Å²) >= 11 is 0. The van der Waals surface area contributed by atoms with Gasteiger partial charge in [-0.1, -0.05) is 0 Å². The van der Waals surface area contributed by atoms with Crippen LogP contribution in [0.5, 0.6) is 0 Å². The Morgan fingerprint density at radius 2 is 1.92 bits per heavy atom. The number of likely N-dealkylation sites (tertiary alicyclic amines) is 1. The molecule has 2 N–H and O–H groups in total. The van der Waals surface area contributed by atoms with Crippen LogP contribution in [0.15, 0.2) is 0 Å². The van der Waals surface area contributed by atoms with Crippen LogP contribution in [-0.2, 0) is 0 Å². The van der Waals surface area contributed by atoms with Gasteiger partial charge >= 0.3 is 0 Å². The van der Waals surface area contributed by atoms with Crippen molar-refractivity contribution in [2.24, 2.45) is 0 Å². The molecule has 76 valence electrons. The summed E-state index contributed by atoms with van der Waals surface area (Å²) in [6.07, 6.45) is 3.16. The summed E-state index contributed by atoms with van der Waals surface area (Å²) in [5, 5.41) is 12.9. The fourth-order valence-electron chi connectivity index (χ4n) is 2.56. The summed E-state index contributed by atoms with van der Waals surface area (Å²) < 4.78 is 0. The minimum atomic E-state index is -0.0408. The lowest BCUT2D eigenvalue weighted by atomic mass is 10.0. The van der Waals surface area contributed by atoms with Crippen molar-refractivity contribution < 1.29 is 5.11 Å². The quantitative estimate of drug-likeness (QED) is 0.611. The van der Waals surface area contributed by atoms with Gasteiger partial charge in [-0.15, -0.1) is 0 Å². The van der Waals surface area contributed by atoms with Crippen molar-refractivity contribution in [1.82, 2.24) is 10.2 Å². The molecule has 0 aliphatic carbocycles. The number of hydrogen-bond acceptors (Lipinski definition) is 3. The fourth-order valence-corrected chi connectivity index (χ4v) is 2.56. The van der Waals surface area contributed by atoms with E-state index in [9.17, 15) is 5.11 Å². The van der Waals surface area contributed by atoms with Gasteiger partial charge in [0, 0.05) is 25.2 Å². The Balaban J connectivity index is 1.86. The van der Waals surface area contributed by atoms with Crippen LogP contribution in [0.4, 0.5) is 0 Å². The average Bonchev–Trinajstić information content (AvgIpc) is 2.53. The molecule has 2 atom stereocenters. The lowest BCUT2D eigenvalue weighted by Gasteiger charge is -2.36. The first kappa shape index (κ1) is 9.44. The van der Waals surface area contributed by atoms with Crippen molar-refractivity contribution in [2.45, 2.75) is 44.4 Å². The zero-order chi connectivity index (χ0) is 9.26. The molecule has 2 saturated heterocycles. The van der Waals surface area contributed by atoms with E-state index >= 15 is 0 Å². The SMILES string of the molecule is CC1NCCC1N1CCC(O)CC1. The maximum atomic E-state index is 9.39. The highest BCUT2D eigenvalue weighted by molar-refractivity contribution is 4.89. The number of aliphatic hydroxyl groups is 1. The Morgan fingerprint density at radius 1 is 1.23 bits per heavy atom. The average molecular weight is 184 g/mol. The van der Waals surface area contributed by atoms with Crippen molar-refractivity contribution in [3.05, 3.63) is 0 Å². The number of nitrogens with zero attached hydrogens (tertiary/aromatic N) is 1. The molecule has 0 radical (unpaired) electrons. The topological polar surface area (TPSA) is 35.5 Å². The summed E-state index contributed by atoms with van der Waals surface area (Å²) in [5.41, 5.74) is 0. The summed E-state index contributed by atoms with van der Waals surface area (Å²) in [7, 11) is 0. The monoisotopic (exact) mass is 184 g/mol. The minimum absolute atomic E-state index is 0.0408. The van der Waals surface area contributed by atoms with Crippen molar-refractivity contribution in [2.75, 3.05) is 19.6 Å². The third-order valence-electron chi connectivity index (χ3n) is 3.45. The summed E-state index contributed by atoms with van der Waals surface area (Å²) in [5.74, 6) is 0. The van der Waals surface area contributed by atoms with Crippen LogP contribution in [0.3, 0.4) is 0 Å². The first-order chi connectivity index (χ1) is 6.27. The minimum Gasteiger partial charge on any atom is -0.393 e. The molecule has 0 aromatic heterocycles. The van der Waals surface area contributed by atoms with Gasteiger partial charge in [0.05, 0.1) is 6.10 Å². The van der Waals surface area contributed by atoms with Crippen LogP contribution in [-0.4, -0.2) is 47.8 Å². The molecule has 2 fully saturated rings. The Hall–Kier alpha value is -0.120. The number of piperidine rings is 1. The third kappa shape index (κ3) is 2.03. The largest absolute Gasteiger partial charge is 0.393 e. The molecule has 2 rings (SSSR count). The molecular formula is C10H20N2O. The van der Waals surface area contributed by atoms with Crippen molar-refractivity contribution >= 4 is 0 Å². The summed E-state index contributed by atoms with van der Waals surface area (Å²) in [6.45, 7) is 5.59. The molecule has 3 nitrogen and oxygen atoms in total. The van der Waals surface area contributed by atoms with E-state index in [-0.39, 0.29) is 6.10 Å². The fraction of sp³-hybridized carbons (Fsp3) is 1.00. The van der Waals surface area contributed by atoms with Crippen LogP contribution in [0.2, 0.25) is 0 Å². The Bertz CT molecular complexity index is 166. The number of aliphatic hydroxyl groups excluding tert-OH is 1. The van der Waals surface area contributed by atoms with Gasteiger partial charge in [-0.05, 0) is 32.7 Å². The maximum Gasteiger partial charge on any atom is 0.0564 e. The first-order valence-electron chi connectivity index (χ1n) is 5.43. The Morgan fingerprint density at radius 3 is 2.46 bits per heavy atom. The van der Waals surface area contributed by atoms with Crippen LogP contribution < -0.4 is 5.32 Å². The molecule has 3 heteroatoms. The highest BCUT2D eigenvalue weighted by atomic mass is 16.3. The van der Waals surface area contributed by atoms with E-state index in [4.69, 9.17) is 0 Å². The second-order valence-corrected chi connectivity index (χ2v) is 4.37. The maximum absolute atomic E-state index is 9.39. The molecule has 0 saturated carbocycles. The van der Waals surface area contributed by atoms with Gasteiger partial charge < -0.3 is 10.4 Å². The van der Waals surface area contributed by atoms with Gasteiger partial charge in [0.2, 0.25) is 0 Å². The first-order valence-corrected chi connectivity index (χ1v) is 5.43. The van der Waals surface area contributed by atoms with E-state index in [1.165, 1.54) is 6.42 Å². The van der Waals surface area contributed by atoms with Crippen molar-refractivity contribution in [3.63, 3.8) is 0 Å². The molecule has 2 heterocycles. The lowest BCUT2D eigenvalue weighted by molar-refractivity contribution is 0.0587. The zero-order valence-corrected chi connectivity index (χ0v) is 8.37. The molecule has 0 amide bonds. The van der Waals surface area contributed by atoms with Gasteiger partial charge in [-0.25, -0.2) is 0 Å². The third-order valence-corrected chi connectivity index (χ3v) is 3.45. The lowest BCUT2D eigenvalue weighted by Crippen LogP contribution is -2.47. The number of nitrogens with one attached hydrogen (secondary N) is 1. The smallest absolute Gasteiger partial charge is 0.0564 e. The van der Waals surface area contributed by atoms with Crippen molar-refractivity contribution in [3.8, 4) is 0 Å². The van der Waals surface area contributed by atoms with Crippen LogP contribution in [0, 0.1) is 0 Å². The van der Waals surface area contributed by atoms with E-state index in [0.717, 1.165) is 32.5 Å². The van der Waals surface area contributed by atoms with Gasteiger partial charge in [-0.3, -0.25) is 4.90 Å². The van der Waals surface area contributed by atoms with Gasteiger partial charge in [-0.2, -0.15) is 0 Å². The van der Waals surface area contributed by atoms with E-state index in [0.29, 0.717) is 12.1 Å². The van der Waals surface area contributed by atoms with Crippen molar-refractivity contribution in [1.29, 1.82) is 0 Å². The normalized spacial score (nSPS) is 38.3. The Kier molecular flexibility index (Phi) is 2.86. The summed E-state index contributed by atoms with van der Waals surface area (Å²) in [6, 6.07) is 1.35. The predicted octanol–water partition coefficient (Wildman–Crippen LogP) is 0.193. The van der Waals surface area contributed by atoms with E-state index in [2.05, 4.69) is 17.1 Å². The molecule has 2 unspecified atom stereocenters. The molecule has 2 aliphatic heterocycles. The van der Waals surface area contributed by atoms with Gasteiger partial charge in [0.25, 0.3) is 0 Å². The molecule has 13 heavy (non-hydrogen) atoms.